The third kappa shape index (κ3) is 1.92. The summed E-state index contributed by atoms with van der Waals surface area (Å²) in [6, 6.07) is 10.2. The molecule has 1 nitrogen and oxygen atoms in total. The highest BCUT2D eigenvalue weighted by atomic mass is 79.9. The fraction of sp³-hybridized carbons (Fsp3) is 0. The smallest absolute Gasteiger partial charge is 0.0862 e. The maximum atomic E-state index is 5.66. The highest BCUT2D eigenvalue weighted by Crippen LogP contribution is 2.27. The van der Waals surface area contributed by atoms with Crippen molar-refractivity contribution in [2.45, 2.75) is 0 Å². The van der Waals surface area contributed by atoms with Crippen molar-refractivity contribution in [3.05, 3.63) is 40.2 Å². The summed E-state index contributed by atoms with van der Waals surface area (Å²) < 4.78 is 1.10. The number of hydrogen-bond acceptors (Lipinski definition) is 2. The molecule has 0 amide bonds. The summed E-state index contributed by atoms with van der Waals surface area (Å²) in [5, 5.41) is 2.93. The van der Waals surface area contributed by atoms with Crippen LogP contribution in [0.1, 0.15) is 0 Å². The molecule has 2 N–H and O–H groups in total. The van der Waals surface area contributed by atoms with Crippen LogP contribution in [-0.2, 0) is 0 Å². The molecule has 0 atom stereocenters. The van der Waals surface area contributed by atoms with Crippen LogP contribution in [-0.4, -0.2) is 0 Å². The largest absolute Gasteiger partial charge is 0.391 e. The van der Waals surface area contributed by atoms with Crippen molar-refractivity contribution < 1.29 is 0 Å². The minimum absolute atomic E-state index is 0.859. The first-order chi connectivity index (χ1) is 6.25. The molecular formula is C10H8BrNS. The van der Waals surface area contributed by atoms with E-state index in [0.29, 0.717) is 0 Å². The second kappa shape index (κ2) is 3.52. The van der Waals surface area contributed by atoms with Crippen molar-refractivity contribution in [3.63, 3.8) is 0 Å². The zero-order valence-electron chi connectivity index (χ0n) is 6.83. The second-order valence-electron chi connectivity index (χ2n) is 2.74. The van der Waals surface area contributed by atoms with Gasteiger partial charge in [-0.15, -0.1) is 11.3 Å². The topological polar surface area (TPSA) is 26.0 Å². The number of nitrogen functional groups attached to an aromatic ring is 1. The van der Waals surface area contributed by atoms with Gasteiger partial charge in [-0.3, -0.25) is 0 Å². The Balaban J connectivity index is 2.41. The molecule has 0 radical (unpaired) electrons. The summed E-state index contributed by atoms with van der Waals surface area (Å²) in [4.78, 5) is 0. The Morgan fingerprint density at radius 2 is 1.77 bits per heavy atom. The first-order valence-corrected chi connectivity index (χ1v) is 5.53. The fourth-order valence-electron chi connectivity index (χ4n) is 1.15. The maximum absolute atomic E-state index is 5.66. The predicted octanol–water partition coefficient (Wildman–Crippen LogP) is 3.76. The van der Waals surface area contributed by atoms with E-state index in [1.54, 1.807) is 11.3 Å². The van der Waals surface area contributed by atoms with Crippen LogP contribution in [0.3, 0.4) is 0 Å². The Morgan fingerprint density at radius 1 is 1.08 bits per heavy atom. The zero-order valence-corrected chi connectivity index (χ0v) is 9.23. The summed E-state index contributed by atoms with van der Waals surface area (Å²) in [6.07, 6.45) is 0. The van der Waals surface area contributed by atoms with Crippen molar-refractivity contribution in [3.8, 4) is 11.1 Å². The molecule has 2 rings (SSSR count). The number of halogens is 1. The molecule has 0 aliphatic heterocycles. The van der Waals surface area contributed by atoms with Gasteiger partial charge < -0.3 is 5.73 Å². The fourth-order valence-corrected chi connectivity index (χ4v) is 2.07. The Morgan fingerprint density at radius 3 is 2.31 bits per heavy atom. The normalized spacial score (nSPS) is 10.2. The van der Waals surface area contributed by atoms with Crippen molar-refractivity contribution in [1.82, 2.24) is 0 Å². The molecule has 1 heterocycles. The lowest BCUT2D eigenvalue weighted by Gasteiger charge is -1.96. The van der Waals surface area contributed by atoms with Crippen molar-refractivity contribution in [2.24, 2.45) is 0 Å². The average Bonchev–Trinajstić information content (AvgIpc) is 2.53. The first kappa shape index (κ1) is 8.78. The summed E-state index contributed by atoms with van der Waals surface area (Å²) in [5.41, 5.74) is 8.05. The van der Waals surface area contributed by atoms with E-state index in [9.17, 15) is 0 Å². The summed E-state index contributed by atoms with van der Waals surface area (Å²) in [6.45, 7) is 0. The van der Waals surface area contributed by atoms with E-state index in [-0.39, 0.29) is 0 Å². The third-order valence-electron chi connectivity index (χ3n) is 1.80. The molecule has 0 saturated heterocycles. The van der Waals surface area contributed by atoms with Crippen LogP contribution in [0.5, 0.6) is 0 Å². The van der Waals surface area contributed by atoms with Crippen molar-refractivity contribution in [1.29, 1.82) is 0 Å². The molecule has 1 aromatic heterocycles. The summed E-state index contributed by atoms with van der Waals surface area (Å²) in [5.74, 6) is 0. The Kier molecular flexibility index (Phi) is 2.38. The van der Waals surface area contributed by atoms with E-state index in [1.165, 1.54) is 11.1 Å². The molecule has 0 unspecified atom stereocenters. The van der Waals surface area contributed by atoms with Gasteiger partial charge >= 0.3 is 0 Å². The zero-order chi connectivity index (χ0) is 9.26. The number of benzene rings is 1. The first-order valence-electron chi connectivity index (χ1n) is 3.85. The molecule has 0 fully saturated rings. The standard InChI is InChI=1S/C10H8BrNS/c11-9-3-1-7(2-4-9)8-5-10(12)13-6-8/h1-6H,12H2. The SMILES string of the molecule is Nc1cc(-c2ccc(Br)cc2)cs1. The molecule has 0 bridgehead atoms. The number of nitrogens with two attached hydrogens (primary N) is 1. The van der Waals surface area contributed by atoms with E-state index in [2.05, 4.69) is 33.4 Å². The van der Waals surface area contributed by atoms with Gasteiger partial charge in [-0.25, -0.2) is 0 Å². The Labute approximate surface area is 89.3 Å². The summed E-state index contributed by atoms with van der Waals surface area (Å²) >= 11 is 4.97. The number of thiophene rings is 1. The van der Waals surface area contributed by atoms with Crippen LogP contribution >= 0.6 is 27.3 Å². The maximum Gasteiger partial charge on any atom is 0.0862 e. The monoisotopic (exact) mass is 253 g/mol. The molecule has 0 spiro atoms. The molecule has 3 heteroatoms. The van der Waals surface area contributed by atoms with Gasteiger partial charge in [0.15, 0.2) is 0 Å². The Hall–Kier alpha value is -0.800. The molecule has 13 heavy (non-hydrogen) atoms. The lowest BCUT2D eigenvalue weighted by Crippen LogP contribution is -1.75. The average molecular weight is 254 g/mol. The number of hydrogen-bond donors (Lipinski definition) is 1. The van der Waals surface area contributed by atoms with Crippen LogP contribution in [0.25, 0.3) is 11.1 Å². The van der Waals surface area contributed by atoms with Crippen molar-refractivity contribution >= 4 is 32.3 Å². The Bertz CT molecular complexity index is 405. The van der Waals surface area contributed by atoms with E-state index < -0.39 is 0 Å². The minimum Gasteiger partial charge on any atom is -0.391 e. The van der Waals surface area contributed by atoms with Gasteiger partial charge in [0.05, 0.1) is 5.00 Å². The number of rotatable bonds is 1. The quantitative estimate of drug-likeness (QED) is 0.823. The minimum atomic E-state index is 0.859. The lowest BCUT2D eigenvalue weighted by atomic mass is 10.1. The van der Waals surface area contributed by atoms with Gasteiger partial charge in [0, 0.05) is 9.85 Å². The molecule has 66 valence electrons. The van der Waals surface area contributed by atoms with E-state index in [0.717, 1.165) is 9.47 Å². The van der Waals surface area contributed by atoms with Gasteiger partial charge in [-0.1, -0.05) is 28.1 Å². The predicted molar refractivity (Wildman–Crippen MR) is 61.9 cm³/mol. The molecule has 1 aromatic carbocycles. The van der Waals surface area contributed by atoms with Crippen molar-refractivity contribution in [2.75, 3.05) is 5.73 Å². The van der Waals surface area contributed by atoms with Crippen LogP contribution in [0.4, 0.5) is 5.00 Å². The second-order valence-corrected chi connectivity index (χ2v) is 4.60. The molecule has 2 aromatic rings. The molecule has 0 aliphatic rings. The molecule has 0 saturated carbocycles. The lowest BCUT2D eigenvalue weighted by molar-refractivity contribution is 1.63. The highest BCUT2D eigenvalue weighted by molar-refractivity contribution is 9.10. The van der Waals surface area contributed by atoms with Gasteiger partial charge in [-0.05, 0) is 29.3 Å². The third-order valence-corrected chi connectivity index (χ3v) is 3.09. The van der Waals surface area contributed by atoms with Gasteiger partial charge in [0.1, 0.15) is 0 Å². The van der Waals surface area contributed by atoms with Crippen LogP contribution in [0, 0.1) is 0 Å². The van der Waals surface area contributed by atoms with Gasteiger partial charge in [-0.2, -0.15) is 0 Å². The van der Waals surface area contributed by atoms with Gasteiger partial charge in [0.25, 0.3) is 0 Å². The summed E-state index contributed by atoms with van der Waals surface area (Å²) in [7, 11) is 0. The molecule has 0 aliphatic carbocycles. The van der Waals surface area contributed by atoms with Crippen LogP contribution < -0.4 is 5.73 Å². The highest BCUT2D eigenvalue weighted by Gasteiger charge is 1.99. The molecular weight excluding hydrogens is 246 g/mol. The van der Waals surface area contributed by atoms with E-state index in [4.69, 9.17) is 5.73 Å². The van der Waals surface area contributed by atoms with Crippen LogP contribution in [0.15, 0.2) is 40.2 Å². The van der Waals surface area contributed by atoms with E-state index >= 15 is 0 Å². The van der Waals surface area contributed by atoms with Crippen LogP contribution in [0.2, 0.25) is 0 Å². The van der Waals surface area contributed by atoms with E-state index in [1.807, 2.05) is 18.2 Å². The number of anilines is 1. The van der Waals surface area contributed by atoms with Gasteiger partial charge in [0.2, 0.25) is 0 Å².